The van der Waals surface area contributed by atoms with E-state index < -0.39 is 51.9 Å². The maximum Gasteiger partial charge on any atom is 0.356 e. The molecule has 2 atom stereocenters. The molecule has 2 N–H and O–H groups in total. The van der Waals surface area contributed by atoms with Gasteiger partial charge in [-0.05, 0) is 52.8 Å². The van der Waals surface area contributed by atoms with Gasteiger partial charge in [0.15, 0.2) is 23.1 Å². The molecule has 1 saturated heterocycles. The number of hydrogen-bond donors (Lipinski definition) is 2. The molecule has 2 amide bonds. The summed E-state index contributed by atoms with van der Waals surface area (Å²) >= 11 is 4.74. The van der Waals surface area contributed by atoms with Gasteiger partial charge in [-0.25, -0.2) is 14.6 Å². The molecule has 0 spiro atoms. The zero-order valence-corrected chi connectivity index (χ0v) is 45.7. The van der Waals surface area contributed by atoms with E-state index in [9.17, 15) is 14.4 Å². The zero-order valence-electron chi connectivity index (χ0n) is 41.9. The highest BCUT2D eigenvalue weighted by molar-refractivity contribution is 14.1. The lowest BCUT2D eigenvalue weighted by Gasteiger charge is -2.47. The number of oxime groups is 1. The summed E-state index contributed by atoms with van der Waals surface area (Å²) in [6, 6.07) is 67.8. The van der Waals surface area contributed by atoms with Crippen LogP contribution in [0.4, 0.5) is 5.13 Å². The number of thiazole rings is 1. The summed E-state index contributed by atoms with van der Waals surface area (Å²) in [4.78, 5) is 70.4. The van der Waals surface area contributed by atoms with Gasteiger partial charge in [0.25, 0.3) is 5.91 Å². The number of alkyl halides is 1. The number of thioether (sulfide) groups is 1. The summed E-state index contributed by atoms with van der Waals surface area (Å²) in [6.45, 7) is 3.05. The van der Waals surface area contributed by atoms with Crippen LogP contribution in [0.15, 0.2) is 234 Å². The van der Waals surface area contributed by atoms with Crippen molar-refractivity contribution in [3.8, 4) is 0 Å². The number of amides is 2. The number of carbonyl (C=O) groups excluding carboxylic acids is 4. The summed E-state index contributed by atoms with van der Waals surface area (Å²) < 4.78 is 12.8. The smallest absolute Gasteiger partial charge is 0.356 e. The molecule has 0 aliphatic carbocycles. The highest BCUT2D eigenvalue weighted by atomic mass is 127. The quantitative estimate of drug-likeness (QED) is 0.0152. The number of carbonyl (C=O) groups is 4. The van der Waals surface area contributed by atoms with E-state index in [0.717, 1.165) is 38.9 Å². The molecule has 3 heterocycles. The number of anilines is 1. The molecule has 77 heavy (non-hydrogen) atoms. The molecule has 10 rings (SSSR count). The van der Waals surface area contributed by atoms with Crippen LogP contribution in [0, 0.1) is 0 Å². The fourth-order valence-corrected chi connectivity index (χ4v) is 12.6. The highest BCUT2D eigenvalue weighted by Gasteiger charge is 2.50. The Hall–Kier alpha value is -7.86. The largest absolute Gasteiger partial charge is 0.450 e. The first-order chi connectivity index (χ1) is 37.5. The van der Waals surface area contributed by atoms with Crippen LogP contribution in [-0.4, -0.2) is 60.1 Å². The number of nitrogens with zero attached hydrogens (tertiary/aromatic N) is 3. The van der Waals surface area contributed by atoms with Crippen LogP contribution < -0.4 is 10.6 Å². The SMILES string of the molecule is CC(C)(O/N=C(/C(=O)NC1S[C@@H]2CC(=O)N2C(C(=O)OC(c2ccccc2)c2ccccc2)=C1CI)c1csc(NC(c2ccccc2)(c2ccccc2)c2ccccc2)n1)C(=O)OC(c1ccccc1)c1ccccc1. The number of hydrogen-bond acceptors (Lipinski definition) is 12. The molecular formula is C62H52IN5O7S2. The van der Waals surface area contributed by atoms with E-state index in [0.29, 0.717) is 10.7 Å². The molecule has 1 unspecified atom stereocenters. The summed E-state index contributed by atoms with van der Waals surface area (Å²) in [5, 5.41) is 12.3. The second-order valence-electron chi connectivity index (χ2n) is 18.7. The molecule has 1 aromatic heterocycles. The van der Waals surface area contributed by atoms with Crippen LogP contribution in [0.2, 0.25) is 0 Å². The van der Waals surface area contributed by atoms with E-state index in [2.05, 4.69) is 74.8 Å². The normalized spacial score (nSPS) is 15.6. The Morgan fingerprint density at radius 1 is 0.662 bits per heavy atom. The molecule has 8 aromatic rings. The van der Waals surface area contributed by atoms with Gasteiger partial charge >= 0.3 is 11.9 Å². The molecular weight excluding hydrogens is 1120 g/mol. The Bertz CT molecular complexity index is 3230. The summed E-state index contributed by atoms with van der Waals surface area (Å²) in [6.07, 6.45) is -1.42. The van der Waals surface area contributed by atoms with E-state index >= 15 is 4.79 Å². The van der Waals surface area contributed by atoms with E-state index in [1.54, 1.807) is 5.38 Å². The molecule has 12 nitrogen and oxygen atoms in total. The van der Waals surface area contributed by atoms with Gasteiger partial charge in [-0.1, -0.05) is 240 Å². The first-order valence-electron chi connectivity index (χ1n) is 24.9. The van der Waals surface area contributed by atoms with Crippen molar-refractivity contribution in [2.24, 2.45) is 5.16 Å². The lowest BCUT2D eigenvalue weighted by Crippen LogP contribution is -2.58. The van der Waals surface area contributed by atoms with Gasteiger partial charge in [0, 0.05) is 15.4 Å². The predicted molar refractivity (Wildman–Crippen MR) is 309 cm³/mol. The van der Waals surface area contributed by atoms with Crippen LogP contribution in [0.1, 0.15) is 77.1 Å². The van der Waals surface area contributed by atoms with Gasteiger partial charge in [0.1, 0.15) is 22.3 Å². The summed E-state index contributed by atoms with van der Waals surface area (Å²) in [5.74, 6) is -2.39. The van der Waals surface area contributed by atoms with Crippen molar-refractivity contribution in [2.75, 3.05) is 9.74 Å². The molecule has 15 heteroatoms. The Kier molecular flexibility index (Phi) is 16.1. The third-order valence-corrected chi connectivity index (χ3v) is 16.2. The van der Waals surface area contributed by atoms with Crippen LogP contribution in [-0.2, 0) is 39.0 Å². The van der Waals surface area contributed by atoms with Crippen LogP contribution in [0.3, 0.4) is 0 Å². The number of nitrogens with one attached hydrogen (secondary N) is 2. The number of aromatic nitrogens is 1. The third kappa shape index (κ3) is 11.3. The van der Waals surface area contributed by atoms with Crippen molar-refractivity contribution in [3.63, 3.8) is 0 Å². The molecule has 0 bridgehead atoms. The van der Waals surface area contributed by atoms with E-state index in [-0.39, 0.29) is 33.9 Å². The molecule has 386 valence electrons. The number of rotatable bonds is 19. The number of benzene rings is 7. The molecule has 7 aromatic carbocycles. The van der Waals surface area contributed by atoms with Crippen molar-refractivity contribution >= 4 is 80.3 Å². The number of esters is 2. The summed E-state index contributed by atoms with van der Waals surface area (Å²) in [5.41, 5.74) is 3.57. The third-order valence-electron chi connectivity index (χ3n) is 13.3. The number of fused-ring (bicyclic) bond motifs is 1. The van der Waals surface area contributed by atoms with Gasteiger partial charge in [-0.3, -0.25) is 14.5 Å². The Labute approximate surface area is 468 Å². The van der Waals surface area contributed by atoms with Crippen molar-refractivity contribution in [1.29, 1.82) is 0 Å². The minimum absolute atomic E-state index is 0.0748. The van der Waals surface area contributed by atoms with Gasteiger partial charge in [-0.15, -0.1) is 23.1 Å². The lowest BCUT2D eigenvalue weighted by atomic mass is 9.77. The average Bonchev–Trinajstić information content (AvgIpc) is 4.06. The van der Waals surface area contributed by atoms with E-state index in [1.807, 2.05) is 176 Å². The van der Waals surface area contributed by atoms with Gasteiger partial charge < -0.3 is 24.9 Å². The van der Waals surface area contributed by atoms with Crippen molar-refractivity contribution in [3.05, 3.63) is 274 Å². The minimum atomic E-state index is -1.74. The van der Waals surface area contributed by atoms with Gasteiger partial charge in [0.05, 0.1) is 11.8 Å². The number of halogens is 1. The highest BCUT2D eigenvalue weighted by Crippen LogP contribution is 2.45. The molecule has 2 aliphatic heterocycles. The number of β-lactam (4-membered cyclic amide) rings is 1. The standard InChI is InChI=1S/C62H52IN5O7S2/c1-61(2,59(72)74-55(43-28-14-5-15-29-43)44-30-16-6-17-31-44)75-67-52(49-40-76-60(64-49)66-62(45-32-18-7-19-33-45,46-34-20-8-21-35-46)47-36-22-9-23-37-47)56(70)65-57-48(39-63)53(68-50(69)38-51(68)77-57)58(71)73-54(41-24-10-3-11-25-41)42-26-12-4-13-27-42/h3-37,40,51,54-55,57H,38-39H2,1-2H3,(H,64,66)(H,65,70)/b67-52+/t51-,57?/m1/s1. The van der Waals surface area contributed by atoms with Crippen LogP contribution in [0.25, 0.3) is 0 Å². The van der Waals surface area contributed by atoms with Gasteiger partial charge in [-0.2, -0.15) is 0 Å². The molecule has 1 fully saturated rings. The van der Waals surface area contributed by atoms with Crippen LogP contribution in [0.5, 0.6) is 0 Å². The second kappa shape index (κ2) is 23.6. The Balaban J connectivity index is 1.02. The zero-order chi connectivity index (χ0) is 53.4. The first kappa shape index (κ1) is 52.6. The maximum atomic E-state index is 15.2. The summed E-state index contributed by atoms with van der Waals surface area (Å²) in [7, 11) is 0. The Morgan fingerprint density at radius 3 is 1.52 bits per heavy atom. The fourth-order valence-electron chi connectivity index (χ4n) is 9.32. The van der Waals surface area contributed by atoms with E-state index in [4.69, 9.17) is 19.3 Å². The second-order valence-corrected chi connectivity index (χ2v) is 21.6. The average molecular weight is 1170 g/mol. The van der Waals surface area contributed by atoms with Crippen molar-refractivity contribution in [2.45, 2.75) is 54.4 Å². The number of ether oxygens (including phenoxy) is 2. The first-order valence-corrected chi connectivity index (χ1v) is 28.2. The van der Waals surface area contributed by atoms with Crippen molar-refractivity contribution < 1.29 is 33.5 Å². The molecule has 2 aliphatic rings. The van der Waals surface area contributed by atoms with Crippen LogP contribution >= 0.6 is 45.7 Å². The maximum absolute atomic E-state index is 15.2. The van der Waals surface area contributed by atoms with Gasteiger partial charge in [0.2, 0.25) is 11.5 Å². The fraction of sp³-hybridized carbons (Fsp3) is 0.161. The topological polar surface area (TPSA) is 149 Å². The van der Waals surface area contributed by atoms with E-state index in [1.165, 1.54) is 41.8 Å². The minimum Gasteiger partial charge on any atom is -0.450 e. The molecule has 0 saturated carbocycles. The lowest BCUT2D eigenvalue weighted by molar-refractivity contribution is -0.172. The van der Waals surface area contributed by atoms with Crippen molar-refractivity contribution in [1.82, 2.24) is 15.2 Å². The molecule has 0 radical (unpaired) electrons. The predicted octanol–water partition coefficient (Wildman–Crippen LogP) is 12.1. The monoisotopic (exact) mass is 1170 g/mol. The Morgan fingerprint density at radius 2 is 1.09 bits per heavy atom.